The highest BCUT2D eigenvalue weighted by Crippen LogP contribution is 2.45. The van der Waals surface area contributed by atoms with Crippen LogP contribution < -0.4 is 0 Å². The molecule has 1 fully saturated rings. The van der Waals surface area contributed by atoms with Crippen molar-refractivity contribution in [3.8, 4) is 5.75 Å². The maximum Gasteiger partial charge on any atom is 0.316 e. The Labute approximate surface area is 120 Å². The summed E-state index contributed by atoms with van der Waals surface area (Å²) in [5.41, 5.74) is 3.48. The number of aliphatic imine (C=N–C) groups is 1. The number of phenolic OH excluding ortho intramolecular Hbond substituents is 1. The highest BCUT2D eigenvalue weighted by molar-refractivity contribution is 6.10. The van der Waals surface area contributed by atoms with Crippen molar-refractivity contribution in [2.75, 3.05) is 6.61 Å². The number of rotatable bonds is 1. The molecule has 2 atom stereocenters. The van der Waals surface area contributed by atoms with E-state index in [1.807, 2.05) is 19.1 Å². The Balaban J connectivity index is 1.93. The highest BCUT2D eigenvalue weighted by atomic mass is 16.5. The van der Waals surface area contributed by atoms with E-state index in [0.717, 1.165) is 22.5 Å². The maximum absolute atomic E-state index is 12.1. The minimum atomic E-state index is -0.404. The molecule has 6 nitrogen and oxygen atoms in total. The molecule has 2 unspecified atom stereocenters. The molecule has 0 radical (unpaired) electrons. The summed E-state index contributed by atoms with van der Waals surface area (Å²) in [5.74, 6) is -0.0185. The van der Waals surface area contributed by atoms with E-state index in [2.05, 4.69) is 15.2 Å². The quantitative estimate of drug-likeness (QED) is 0.781. The van der Waals surface area contributed by atoms with Crippen LogP contribution in [0.15, 0.2) is 29.3 Å². The van der Waals surface area contributed by atoms with Gasteiger partial charge in [0, 0.05) is 17.2 Å². The van der Waals surface area contributed by atoms with Crippen LogP contribution in [0.1, 0.15) is 22.7 Å². The van der Waals surface area contributed by atoms with Gasteiger partial charge in [-0.15, -0.1) is 0 Å². The van der Waals surface area contributed by atoms with E-state index in [0.29, 0.717) is 5.82 Å². The molecule has 1 aromatic heterocycles. The number of aryl methyl sites for hydroxylation is 1. The fourth-order valence-electron chi connectivity index (χ4n) is 3.12. The van der Waals surface area contributed by atoms with Gasteiger partial charge in [0.1, 0.15) is 18.3 Å². The molecular weight excluding hydrogens is 270 g/mol. The number of nitrogens with zero attached hydrogens (tertiary/aromatic N) is 2. The second-order valence-corrected chi connectivity index (χ2v) is 5.34. The van der Waals surface area contributed by atoms with Gasteiger partial charge in [-0.2, -0.15) is 5.10 Å². The van der Waals surface area contributed by atoms with Gasteiger partial charge in [0.25, 0.3) is 0 Å². The summed E-state index contributed by atoms with van der Waals surface area (Å²) in [4.78, 5) is 16.6. The smallest absolute Gasteiger partial charge is 0.316 e. The number of H-pyrrole nitrogens is 1. The van der Waals surface area contributed by atoms with Crippen molar-refractivity contribution >= 4 is 17.5 Å². The predicted octanol–water partition coefficient (Wildman–Crippen LogP) is 1.81. The molecule has 2 aliphatic heterocycles. The number of phenols is 1. The summed E-state index contributed by atoms with van der Waals surface area (Å²) in [6, 6.07) is 6.89. The molecule has 2 N–H and O–H groups in total. The molecule has 106 valence electrons. The number of aromatic nitrogens is 2. The molecule has 0 bridgehead atoms. The van der Waals surface area contributed by atoms with Gasteiger partial charge in [0.05, 0.1) is 5.71 Å². The number of nitrogens with one attached hydrogen (secondary N) is 1. The van der Waals surface area contributed by atoms with Crippen molar-refractivity contribution in [3.63, 3.8) is 0 Å². The number of fused-ring (bicyclic) bond motifs is 2. The number of ether oxygens (including phenoxy) is 1. The van der Waals surface area contributed by atoms with Gasteiger partial charge in [-0.1, -0.05) is 12.1 Å². The number of carbonyl (C=O) groups excluding carboxylic acids is 1. The molecule has 6 heteroatoms. The fraction of sp³-hybridized carbons (Fsp3) is 0.267. The molecule has 3 heterocycles. The third kappa shape index (κ3) is 1.68. The van der Waals surface area contributed by atoms with E-state index in [-0.39, 0.29) is 24.2 Å². The molecule has 4 rings (SSSR count). The standard InChI is InChI=1S/C15H13N3O3/c1-7-11-12(8-2-4-9(19)5-3-8)13-10(6-21-15(13)20)16-14(11)18-17-7/h2-5,12-13,19H,6H2,1H3,(H,17,18). The number of hydrogen-bond acceptors (Lipinski definition) is 5. The Bertz CT molecular complexity index is 761. The lowest BCUT2D eigenvalue weighted by molar-refractivity contribution is -0.141. The van der Waals surface area contributed by atoms with Gasteiger partial charge in [-0.05, 0) is 24.6 Å². The lowest BCUT2D eigenvalue weighted by atomic mass is 9.77. The van der Waals surface area contributed by atoms with Gasteiger partial charge >= 0.3 is 5.97 Å². The largest absolute Gasteiger partial charge is 0.508 e. The van der Waals surface area contributed by atoms with Crippen LogP contribution in [0.5, 0.6) is 5.75 Å². The Morgan fingerprint density at radius 1 is 1.29 bits per heavy atom. The monoisotopic (exact) mass is 283 g/mol. The van der Waals surface area contributed by atoms with Gasteiger partial charge in [-0.25, -0.2) is 4.99 Å². The Hall–Kier alpha value is -2.63. The topological polar surface area (TPSA) is 87.6 Å². The number of esters is 1. The zero-order chi connectivity index (χ0) is 14.6. The van der Waals surface area contributed by atoms with E-state index in [4.69, 9.17) is 4.74 Å². The van der Waals surface area contributed by atoms with E-state index in [9.17, 15) is 9.90 Å². The summed E-state index contributed by atoms with van der Waals surface area (Å²) >= 11 is 0. The fourth-order valence-corrected chi connectivity index (χ4v) is 3.12. The molecular formula is C15H13N3O3. The summed E-state index contributed by atoms with van der Waals surface area (Å²) < 4.78 is 5.16. The van der Waals surface area contributed by atoms with Crippen molar-refractivity contribution < 1.29 is 14.6 Å². The van der Waals surface area contributed by atoms with Gasteiger partial charge in [-0.3, -0.25) is 9.89 Å². The highest BCUT2D eigenvalue weighted by Gasteiger charge is 2.46. The molecule has 2 aromatic rings. The molecule has 21 heavy (non-hydrogen) atoms. The molecule has 1 aromatic carbocycles. The third-order valence-corrected chi connectivity index (χ3v) is 4.10. The average molecular weight is 283 g/mol. The van der Waals surface area contributed by atoms with Crippen molar-refractivity contribution in [1.29, 1.82) is 0 Å². The number of aromatic hydroxyl groups is 1. The summed E-state index contributed by atoms with van der Waals surface area (Å²) in [7, 11) is 0. The first-order valence-electron chi connectivity index (χ1n) is 6.73. The Morgan fingerprint density at radius 3 is 2.81 bits per heavy atom. The number of benzene rings is 1. The Morgan fingerprint density at radius 2 is 2.05 bits per heavy atom. The molecule has 0 spiro atoms. The third-order valence-electron chi connectivity index (χ3n) is 4.10. The molecule has 0 saturated carbocycles. The minimum absolute atomic E-state index is 0.179. The van der Waals surface area contributed by atoms with Gasteiger partial charge < -0.3 is 9.84 Å². The molecule has 2 aliphatic rings. The summed E-state index contributed by atoms with van der Waals surface area (Å²) in [6.07, 6.45) is 0. The van der Waals surface area contributed by atoms with Gasteiger partial charge in [0.2, 0.25) is 0 Å². The molecule has 0 amide bonds. The predicted molar refractivity (Wildman–Crippen MR) is 74.8 cm³/mol. The summed E-state index contributed by atoms with van der Waals surface area (Å²) in [5, 5.41) is 16.6. The van der Waals surface area contributed by atoms with E-state index in [1.54, 1.807) is 12.1 Å². The number of hydrogen-bond donors (Lipinski definition) is 2. The zero-order valence-corrected chi connectivity index (χ0v) is 11.3. The van der Waals surface area contributed by atoms with Crippen molar-refractivity contribution in [1.82, 2.24) is 10.2 Å². The van der Waals surface area contributed by atoms with Crippen molar-refractivity contribution in [3.05, 3.63) is 41.1 Å². The van der Waals surface area contributed by atoms with E-state index in [1.165, 1.54) is 0 Å². The van der Waals surface area contributed by atoms with Crippen LogP contribution in [0.2, 0.25) is 0 Å². The summed E-state index contributed by atoms with van der Waals surface area (Å²) in [6.45, 7) is 2.14. The van der Waals surface area contributed by atoms with Crippen LogP contribution in [0.3, 0.4) is 0 Å². The second kappa shape index (κ2) is 4.18. The van der Waals surface area contributed by atoms with Crippen molar-refractivity contribution in [2.45, 2.75) is 12.8 Å². The number of carbonyl (C=O) groups is 1. The van der Waals surface area contributed by atoms with Gasteiger partial charge in [0.15, 0.2) is 5.82 Å². The van der Waals surface area contributed by atoms with E-state index >= 15 is 0 Å². The maximum atomic E-state index is 12.1. The van der Waals surface area contributed by atoms with Crippen LogP contribution in [0, 0.1) is 12.8 Å². The van der Waals surface area contributed by atoms with Crippen molar-refractivity contribution in [2.24, 2.45) is 10.9 Å². The molecule has 1 saturated heterocycles. The van der Waals surface area contributed by atoms with Crippen LogP contribution in [-0.2, 0) is 9.53 Å². The second-order valence-electron chi connectivity index (χ2n) is 5.34. The van der Waals surface area contributed by atoms with E-state index < -0.39 is 5.92 Å². The lowest BCUT2D eigenvalue weighted by Crippen LogP contribution is -2.27. The first kappa shape index (κ1) is 12.1. The lowest BCUT2D eigenvalue weighted by Gasteiger charge is -2.25. The SMILES string of the molecule is Cc1[nH]nc2c1C(c1ccc(O)cc1)C1C(=O)OCC1=N2. The molecule has 0 aliphatic carbocycles. The normalized spacial score (nSPS) is 23.3. The van der Waals surface area contributed by atoms with Crippen LogP contribution in [-0.4, -0.2) is 33.6 Å². The van der Waals surface area contributed by atoms with Crippen LogP contribution in [0.25, 0.3) is 0 Å². The average Bonchev–Trinajstić information content (AvgIpc) is 3.03. The first-order valence-corrected chi connectivity index (χ1v) is 6.73. The van der Waals surface area contributed by atoms with Crippen LogP contribution in [0.4, 0.5) is 5.82 Å². The van der Waals surface area contributed by atoms with Crippen LogP contribution >= 0.6 is 0 Å². The zero-order valence-electron chi connectivity index (χ0n) is 11.3. The Kier molecular flexibility index (Phi) is 2.42. The number of aromatic amines is 1. The minimum Gasteiger partial charge on any atom is -0.508 e. The number of cyclic esters (lactones) is 1. The first-order chi connectivity index (χ1) is 10.1.